The van der Waals surface area contributed by atoms with E-state index < -0.39 is 0 Å². The van der Waals surface area contributed by atoms with Crippen molar-refractivity contribution in [3.05, 3.63) is 17.7 Å². The second-order valence-electron chi connectivity index (χ2n) is 6.78. The van der Waals surface area contributed by atoms with Crippen LogP contribution < -0.4 is 20.1 Å². The third kappa shape index (κ3) is 3.10. The molecule has 0 aliphatic carbocycles. The first-order valence-corrected chi connectivity index (χ1v) is 8.91. The molecule has 1 saturated heterocycles. The topological polar surface area (TPSA) is 89.1 Å². The number of carbonyl (C=O) groups is 2. The molecule has 140 valence electrons. The molecule has 1 amide bonds. The molecule has 0 aromatic heterocycles. The van der Waals surface area contributed by atoms with E-state index in [1.54, 1.807) is 19.2 Å². The number of ether oxygens (including phenoxy) is 3. The number of carbonyl (C=O) groups excluding carboxylic acids is 2. The Hall–Kier alpha value is -2.32. The van der Waals surface area contributed by atoms with E-state index >= 15 is 0 Å². The van der Waals surface area contributed by atoms with Crippen molar-refractivity contribution in [1.29, 1.82) is 0 Å². The monoisotopic (exact) mass is 361 g/mol. The van der Waals surface area contributed by atoms with Gasteiger partial charge >= 0.3 is 0 Å². The summed E-state index contributed by atoms with van der Waals surface area (Å²) in [5.41, 5.74) is 1.14. The largest absolute Gasteiger partial charge is 0.454 e. The molecule has 0 spiro atoms. The average molecular weight is 361 g/mol. The fraction of sp³-hybridized carbons (Fsp3) is 0.556. The van der Waals surface area contributed by atoms with Crippen LogP contribution in [0.4, 0.5) is 5.69 Å². The first-order chi connectivity index (χ1) is 12.7. The summed E-state index contributed by atoms with van der Waals surface area (Å²) in [6.07, 6.45) is 2.40. The lowest BCUT2D eigenvalue weighted by molar-refractivity contribution is -0.121. The molecule has 0 saturated carbocycles. The molecule has 8 heteroatoms. The maximum absolute atomic E-state index is 12.8. The molecule has 0 radical (unpaired) electrons. The van der Waals surface area contributed by atoms with E-state index in [-0.39, 0.29) is 43.8 Å². The summed E-state index contributed by atoms with van der Waals surface area (Å²) >= 11 is 0. The van der Waals surface area contributed by atoms with Crippen molar-refractivity contribution in [3.63, 3.8) is 0 Å². The smallest absolute Gasteiger partial charge is 0.257 e. The third-order valence-corrected chi connectivity index (χ3v) is 5.14. The Balaban J connectivity index is 1.41. The quantitative estimate of drug-likeness (QED) is 0.808. The number of hydrogen-bond acceptors (Lipinski definition) is 7. The van der Waals surface area contributed by atoms with E-state index in [2.05, 4.69) is 10.6 Å². The van der Waals surface area contributed by atoms with Crippen LogP contribution in [0.3, 0.4) is 0 Å². The molecule has 8 nitrogen and oxygen atoms in total. The van der Waals surface area contributed by atoms with E-state index in [9.17, 15) is 9.59 Å². The zero-order valence-electron chi connectivity index (χ0n) is 14.7. The number of methoxy groups -OCH3 is 1. The van der Waals surface area contributed by atoms with Gasteiger partial charge in [0.25, 0.3) is 5.91 Å². The minimum absolute atomic E-state index is 0.00945. The third-order valence-electron chi connectivity index (χ3n) is 5.14. The van der Waals surface area contributed by atoms with E-state index in [1.807, 2.05) is 0 Å². The van der Waals surface area contributed by atoms with Crippen molar-refractivity contribution in [2.75, 3.05) is 39.0 Å². The number of anilines is 1. The number of hydrogen-bond donors (Lipinski definition) is 2. The predicted octanol–water partition coefficient (Wildman–Crippen LogP) is 0.967. The first-order valence-electron chi connectivity index (χ1n) is 8.91. The highest BCUT2D eigenvalue weighted by Gasteiger charge is 2.32. The Morgan fingerprint density at radius 1 is 1.38 bits per heavy atom. The molecule has 2 N–H and O–H groups in total. The molecule has 4 rings (SSSR count). The normalized spacial score (nSPS) is 24.2. The molecule has 3 heterocycles. The van der Waals surface area contributed by atoms with Gasteiger partial charge in [-0.05, 0) is 31.5 Å². The van der Waals surface area contributed by atoms with Crippen molar-refractivity contribution in [3.8, 4) is 11.5 Å². The van der Waals surface area contributed by atoms with Crippen molar-refractivity contribution < 1.29 is 23.8 Å². The second-order valence-corrected chi connectivity index (χ2v) is 6.78. The van der Waals surface area contributed by atoms with Gasteiger partial charge in [-0.3, -0.25) is 9.59 Å². The lowest BCUT2D eigenvalue weighted by Gasteiger charge is -2.33. The Bertz CT molecular complexity index is 723. The van der Waals surface area contributed by atoms with Gasteiger partial charge in [-0.1, -0.05) is 0 Å². The lowest BCUT2D eigenvalue weighted by atomic mass is 9.96. The second kappa shape index (κ2) is 7.13. The Morgan fingerprint density at radius 2 is 2.27 bits per heavy atom. The van der Waals surface area contributed by atoms with Gasteiger partial charge in [0.15, 0.2) is 17.3 Å². The predicted molar refractivity (Wildman–Crippen MR) is 93.5 cm³/mol. The number of ketones is 1. The van der Waals surface area contributed by atoms with Gasteiger partial charge in [0.2, 0.25) is 6.79 Å². The molecule has 1 aromatic rings. The Labute approximate surface area is 151 Å². The maximum atomic E-state index is 12.8. The van der Waals surface area contributed by atoms with E-state index in [0.717, 1.165) is 19.4 Å². The summed E-state index contributed by atoms with van der Waals surface area (Å²) < 4.78 is 16.2. The van der Waals surface area contributed by atoms with Crippen LogP contribution in [-0.2, 0) is 9.53 Å². The Kier molecular flexibility index (Phi) is 4.69. The summed E-state index contributed by atoms with van der Waals surface area (Å²) in [6, 6.07) is 3.44. The molecule has 1 unspecified atom stereocenters. The minimum Gasteiger partial charge on any atom is -0.454 e. The minimum atomic E-state index is -0.176. The number of Topliss-reactive ketones (excluding diaryl/α,β-unsaturated/α-hetero) is 1. The van der Waals surface area contributed by atoms with Crippen LogP contribution in [-0.4, -0.2) is 62.4 Å². The van der Waals surface area contributed by atoms with Crippen LogP contribution in [0.2, 0.25) is 0 Å². The highest BCUT2D eigenvalue weighted by Crippen LogP contribution is 2.42. The number of piperidine rings is 1. The highest BCUT2D eigenvalue weighted by molar-refractivity contribution is 6.04. The molecule has 2 atom stereocenters. The van der Waals surface area contributed by atoms with Crippen molar-refractivity contribution >= 4 is 17.4 Å². The van der Waals surface area contributed by atoms with Gasteiger partial charge in [0, 0.05) is 19.6 Å². The number of rotatable bonds is 5. The molecule has 26 heavy (non-hydrogen) atoms. The van der Waals surface area contributed by atoms with Crippen molar-refractivity contribution in [2.24, 2.45) is 0 Å². The first kappa shape index (κ1) is 17.1. The molecule has 0 bridgehead atoms. The molecular formula is C18H23N3O5. The zero-order chi connectivity index (χ0) is 18.1. The molecule has 3 aliphatic rings. The average Bonchev–Trinajstić information content (AvgIpc) is 3.13. The van der Waals surface area contributed by atoms with Gasteiger partial charge in [0.05, 0.1) is 30.6 Å². The van der Waals surface area contributed by atoms with Crippen molar-refractivity contribution in [2.45, 2.75) is 31.4 Å². The highest BCUT2D eigenvalue weighted by atomic mass is 16.7. The summed E-state index contributed by atoms with van der Waals surface area (Å²) in [4.78, 5) is 26.8. The van der Waals surface area contributed by atoms with Gasteiger partial charge in [-0.25, -0.2) is 0 Å². The summed E-state index contributed by atoms with van der Waals surface area (Å²) in [5, 5.41) is 6.53. The summed E-state index contributed by atoms with van der Waals surface area (Å²) in [5.74, 6) is 1.04. The van der Waals surface area contributed by atoms with E-state index in [0.29, 0.717) is 29.2 Å². The maximum Gasteiger partial charge on any atom is 0.257 e. The number of amides is 1. The van der Waals surface area contributed by atoms with Gasteiger partial charge in [-0.15, -0.1) is 0 Å². The summed E-state index contributed by atoms with van der Waals surface area (Å²) in [6.45, 7) is 1.39. The van der Waals surface area contributed by atoms with Crippen LogP contribution >= 0.6 is 0 Å². The fourth-order valence-corrected chi connectivity index (χ4v) is 3.80. The van der Waals surface area contributed by atoms with Crippen LogP contribution in [0.1, 0.15) is 29.6 Å². The van der Waals surface area contributed by atoms with Gasteiger partial charge < -0.3 is 29.7 Å². The van der Waals surface area contributed by atoms with Crippen molar-refractivity contribution in [1.82, 2.24) is 10.2 Å². The van der Waals surface area contributed by atoms with Gasteiger partial charge in [-0.2, -0.15) is 0 Å². The number of benzene rings is 1. The molecule has 1 fully saturated rings. The van der Waals surface area contributed by atoms with Crippen LogP contribution in [0.15, 0.2) is 12.1 Å². The zero-order valence-corrected chi connectivity index (χ0v) is 14.7. The number of nitrogens with one attached hydrogen (secondary N) is 2. The number of nitrogens with zero attached hydrogens (tertiary/aromatic N) is 1. The molecule has 1 aromatic carbocycles. The molecule has 3 aliphatic heterocycles. The fourth-order valence-electron chi connectivity index (χ4n) is 3.80. The SMILES string of the molecule is COC1CCCN[C@@H]1CC(=O)CN1CNc2c(ccc3c2OCO3)C1=O. The number of fused-ring (bicyclic) bond motifs is 3. The standard InChI is InChI=1S/C18H23N3O5/c1-24-14-3-2-6-19-13(14)7-11(22)8-21-9-20-16-12(18(21)23)4-5-15-17(16)26-10-25-15/h4-5,13-14,19-20H,2-3,6-10H2,1H3/t13-,14?/m1/s1. The molecular weight excluding hydrogens is 338 g/mol. The summed E-state index contributed by atoms with van der Waals surface area (Å²) in [7, 11) is 1.67. The Morgan fingerprint density at radius 3 is 3.12 bits per heavy atom. The van der Waals surface area contributed by atoms with Crippen LogP contribution in [0, 0.1) is 0 Å². The van der Waals surface area contributed by atoms with Crippen LogP contribution in [0.25, 0.3) is 0 Å². The lowest BCUT2D eigenvalue weighted by Crippen LogP contribution is -2.49. The van der Waals surface area contributed by atoms with E-state index in [4.69, 9.17) is 14.2 Å². The van der Waals surface area contributed by atoms with Gasteiger partial charge in [0.1, 0.15) is 0 Å². The van der Waals surface area contributed by atoms with E-state index in [1.165, 1.54) is 4.90 Å². The van der Waals surface area contributed by atoms with Crippen LogP contribution in [0.5, 0.6) is 11.5 Å².